The largest absolute Gasteiger partial charge is 0.468 e. The molecular formula is C18H18Br2N2O8S. The minimum absolute atomic E-state index is 0.0835. The number of esters is 1. The molecule has 0 aliphatic heterocycles. The lowest BCUT2D eigenvalue weighted by Crippen LogP contribution is -2.43. The zero-order valence-corrected chi connectivity index (χ0v) is 20.3. The second-order valence-electron chi connectivity index (χ2n) is 6.43. The summed E-state index contributed by atoms with van der Waals surface area (Å²) in [4.78, 5) is 34.0. The van der Waals surface area contributed by atoms with E-state index in [2.05, 4.69) is 36.6 Å². The number of ether oxygens (including phenoxy) is 2. The van der Waals surface area contributed by atoms with Crippen molar-refractivity contribution in [1.29, 1.82) is 0 Å². The molecule has 1 aromatic rings. The van der Waals surface area contributed by atoms with E-state index in [4.69, 9.17) is 9.47 Å². The van der Waals surface area contributed by atoms with Gasteiger partial charge in [0.25, 0.3) is 5.69 Å². The molecule has 13 heteroatoms. The number of rotatable bonds is 9. The highest BCUT2D eigenvalue weighted by Crippen LogP contribution is 2.35. The van der Waals surface area contributed by atoms with Crippen molar-refractivity contribution in [3.05, 3.63) is 55.5 Å². The van der Waals surface area contributed by atoms with Gasteiger partial charge in [-0.25, -0.2) is 8.42 Å². The number of carbonyl (C=O) groups is 2. The van der Waals surface area contributed by atoms with E-state index < -0.39 is 43.1 Å². The van der Waals surface area contributed by atoms with Crippen molar-refractivity contribution >= 4 is 59.3 Å². The number of halogens is 2. The molecule has 0 bridgehead atoms. The lowest BCUT2D eigenvalue weighted by Gasteiger charge is -2.30. The van der Waals surface area contributed by atoms with E-state index in [1.165, 1.54) is 31.4 Å². The molecule has 1 atom stereocenters. The summed E-state index contributed by atoms with van der Waals surface area (Å²) in [7, 11) is -1.95. The van der Waals surface area contributed by atoms with Crippen LogP contribution in [-0.2, 0) is 29.1 Å². The average molecular weight is 582 g/mol. The highest BCUT2D eigenvalue weighted by molar-refractivity contribution is 9.13. The molecule has 0 aromatic heterocycles. The molecule has 0 saturated carbocycles. The van der Waals surface area contributed by atoms with Crippen LogP contribution < -0.4 is 4.72 Å². The molecule has 0 unspecified atom stereocenters. The molecule has 0 radical (unpaired) electrons. The van der Waals surface area contributed by atoms with Gasteiger partial charge in [-0.1, -0.05) is 12.1 Å². The van der Waals surface area contributed by atoms with E-state index in [1.54, 1.807) is 0 Å². The third-order valence-electron chi connectivity index (χ3n) is 4.51. The summed E-state index contributed by atoms with van der Waals surface area (Å²) in [5.41, 5.74) is -1.74. The van der Waals surface area contributed by atoms with Gasteiger partial charge in [0.15, 0.2) is 4.90 Å². The quantitative estimate of drug-likeness (QED) is 0.266. The van der Waals surface area contributed by atoms with Crippen molar-refractivity contribution in [3.8, 4) is 0 Å². The van der Waals surface area contributed by atoms with Crippen molar-refractivity contribution < 1.29 is 32.4 Å². The first kappa shape index (κ1) is 25.3. The molecule has 0 fully saturated rings. The second kappa shape index (κ2) is 10.1. The Kier molecular flexibility index (Phi) is 8.27. The molecule has 1 N–H and O–H groups in total. The summed E-state index contributed by atoms with van der Waals surface area (Å²) in [6.07, 6.45) is 3.00. The Morgan fingerprint density at radius 3 is 2.32 bits per heavy atom. The number of Topliss-reactive ketones (excluding diaryl/α,β-unsaturated/α-hetero) is 1. The van der Waals surface area contributed by atoms with Crippen molar-refractivity contribution in [2.24, 2.45) is 0 Å². The zero-order chi connectivity index (χ0) is 23.4. The van der Waals surface area contributed by atoms with Gasteiger partial charge in [0, 0.05) is 13.2 Å². The molecule has 2 rings (SSSR count). The number of benzene rings is 1. The topological polar surface area (TPSA) is 142 Å². The number of hydrogen-bond acceptors (Lipinski definition) is 8. The summed E-state index contributed by atoms with van der Waals surface area (Å²) in [5.74, 6) is -1.18. The lowest BCUT2D eigenvalue weighted by molar-refractivity contribution is -0.387. The number of nitro benzene ring substituents is 1. The summed E-state index contributed by atoms with van der Waals surface area (Å²) in [5, 5.41) is 11.2. The van der Waals surface area contributed by atoms with Gasteiger partial charge in [-0.3, -0.25) is 19.7 Å². The standard InChI is InChI=1S/C18H18Br2N2O8S/c1-29-17(24)13(7-8-18(30-2)9-11(19)16(23)12(20)10-18)21-31(27,28)15-6-4-3-5-14(15)22(25)26/h3-6,9-10,13,21H,7-8H2,1-2H3/t13-/m0/s1. The third-order valence-corrected chi connectivity index (χ3v) is 7.21. The van der Waals surface area contributed by atoms with Crippen LogP contribution in [0.1, 0.15) is 12.8 Å². The Hall–Kier alpha value is -1.93. The van der Waals surface area contributed by atoms with Gasteiger partial charge in [-0.05, 0) is 62.9 Å². The van der Waals surface area contributed by atoms with Gasteiger partial charge in [0.2, 0.25) is 15.8 Å². The predicted molar refractivity (Wildman–Crippen MR) is 117 cm³/mol. The molecular weight excluding hydrogens is 564 g/mol. The number of sulfonamides is 1. The first-order valence-electron chi connectivity index (χ1n) is 8.66. The first-order chi connectivity index (χ1) is 14.5. The second-order valence-corrected chi connectivity index (χ2v) is 9.82. The SMILES string of the molecule is COC(=O)[C@H](CCC1(OC)C=C(Br)C(=O)C(Br)=C1)NS(=O)(=O)c1ccccc1[N+](=O)[O-]. The van der Waals surface area contributed by atoms with E-state index in [-0.39, 0.29) is 27.6 Å². The minimum atomic E-state index is -4.44. The first-order valence-corrected chi connectivity index (χ1v) is 11.7. The fraction of sp³-hybridized carbons (Fsp3) is 0.333. The predicted octanol–water partition coefficient (Wildman–Crippen LogP) is 2.72. The molecule has 1 aliphatic carbocycles. The van der Waals surface area contributed by atoms with E-state index in [1.807, 2.05) is 0 Å². The summed E-state index contributed by atoms with van der Waals surface area (Å²) < 4.78 is 38.4. The normalized spacial score (nSPS) is 16.8. The lowest BCUT2D eigenvalue weighted by atomic mass is 9.90. The Labute approximate surface area is 195 Å². The smallest absolute Gasteiger partial charge is 0.323 e. The Morgan fingerprint density at radius 2 is 1.81 bits per heavy atom. The summed E-state index contributed by atoms with van der Waals surface area (Å²) >= 11 is 6.31. The van der Waals surface area contributed by atoms with Crippen LogP contribution in [0.5, 0.6) is 0 Å². The monoisotopic (exact) mass is 580 g/mol. The van der Waals surface area contributed by atoms with Gasteiger partial charge in [0.05, 0.1) is 21.0 Å². The van der Waals surface area contributed by atoms with Gasteiger partial charge >= 0.3 is 5.97 Å². The van der Waals surface area contributed by atoms with Gasteiger partial charge in [-0.2, -0.15) is 4.72 Å². The fourth-order valence-electron chi connectivity index (χ4n) is 2.90. The minimum Gasteiger partial charge on any atom is -0.468 e. The number of nitro groups is 1. The number of nitrogens with one attached hydrogen (secondary N) is 1. The molecule has 0 saturated heterocycles. The highest BCUT2D eigenvalue weighted by Gasteiger charge is 2.36. The molecule has 1 aromatic carbocycles. The zero-order valence-electron chi connectivity index (χ0n) is 16.3. The van der Waals surface area contributed by atoms with Crippen LogP contribution in [0.25, 0.3) is 0 Å². The van der Waals surface area contributed by atoms with Crippen LogP contribution in [0.3, 0.4) is 0 Å². The van der Waals surface area contributed by atoms with Crippen molar-refractivity contribution in [2.45, 2.75) is 29.4 Å². The maximum atomic E-state index is 12.8. The summed E-state index contributed by atoms with van der Waals surface area (Å²) in [6, 6.07) is 3.41. The Morgan fingerprint density at radius 1 is 1.23 bits per heavy atom. The van der Waals surface area contributed by atoms with Crippen LogP contribution in [0.15, 0.2) is 50.3 Å². The number of carbonyl (C=O) groups excluding carboxylic acids is 2. The van der Waals surface area contributed by atoms with E-state index in [0.717, 1.165) is 19.2 Å². The van der Waals surface area contributed by atoms with Crippen molar-refractivity contribution in [1.82, 2.24) is 4.72 Å². The van der Waals surface area contributed by atoms with Crippen molar-refractivity contribution in [2.75, 3.05) is 14.2 Å². The summed E-state index contributed by atoms with van der Waals surface area (Å²) in [6.45, 7) is 0. The molecule has 10 nitrogen and oxygen atoms in total. The number of ketones is 1. The maximum Gasteiger partial charge on any atom is 0.323 e. The molecule has 0 heterocycles. The number of hydrogen-bond donors (Lipinski definition) is 1. The Bertz CT molecular complexity index is 1050. The van der Waals surface area contributed by atoms with Gasteiger partial charge < -0.3 is 9.47 Å². The van der Waals surface area contributed by atoms with Gasteiger partial charge in [-0.15, -0.1) is 0 Å². The van der Waals surface area contributed by atoms with Crippen LogP contribution >= 0.6 is 31.9 Å². The van der Waals surface area contributed by atoms with Crippen LogP contribution in [0, 0.1) is 10.1 Å². The molecule has 1 aliphatic rings. The van der Waals surface area contributed by atoms with E-state index >= 15 is 0 Å². The maximum absolute atomic E-state index is 12.8. The average Bonchev–Trinajstić information content (AvgIpc) is 2.74. The molecule has 31 heavy (non-hydrogen) atoms. The highest BCUT2D eigenvalue weighted by atomic mass is 79.9. The van der Waals surface area contributed by atoms with E-state index in [9.17, 15) is 28.1 Å². The van der Waals surface area contributed by atoms with Crippen LogP contribution in [-0.4, -0.2) is 51.0 Å². The number of allylic oxidation sites excluding steroid dienone is 2. The van der Waals surface area contributed by atoms with E-state index in [0.29, 0.717) is 0 Å². The van der Waals surface area contributed by atoms with Crippen LogP contribution in [0.4, 0.5) is 5.69 Å². The fourth-order valence-corrected chi connectivity index (χ4v) is 5.76. The molecule has 0 amide bonds. The van der Waals surface area contributed by atoms with Crippen molar-refractivity contribution in [3.63, 3.8) is 0 Å². The Balaban J connectivity index is 2.33. The molecule has 0 spiro atoms. The number of methoxy groups -OCH3 is 2. The third kappa shape index (κ3) is 5.86. The molecule has 168 valence electrons. The van der Waals surface area contributed by atoms with Gasteiger partial charge in [0.1, 0.15) is 11.6 Å². The number of nitrogens with zero attached hydrogens (tertiary/aromatic N) is 1. The number of para-hydroxylation sites is 1. The van der Waals surface area contributed by atoms with Crippen LogP contribution in [0.2, 0.25) is 0 Å².